The van der Waals surface area contributed by atoms with Crippen LogP contribution in [0.3, 0.4) is 0 Å². The van der Waals surface area contributed by atoms with Gasteiger partial charge >= 0.3 is 0 Å². The first-order valence-corrected chi connectivity index (χ1v) is 21.4. The predicted octanol–water partition coefficient (Wildman–Crippen LogP) is 4.80. The molecule has 0 saturated heterocycles. The van der Waals surface area contributed by atoms with Gasteiger partial charge in [-0.2, -0.15) is 0 Å². The van der Waals surface area contributed by atoms with Gasteiger partial charge < -0.3 is 0 Å². The fourth-order valence-corrected chi connectivity index (χ4v) is 19.4. The molecule has 0 bridgehead atoms. The molecule has 0 atom stereocenters. The molecule has 0 aliphatic heterocycles. The first-order chi connectivity index (χ1) is 10.4. The highest BCUT2D eigenvalue weighted by Gasteiger charge is 2.34. The first-order valence-electron chi connectivity index (χ1n) is 9.41. The summed E-state index contributed by atoms with van der Waals surface area (Å²) in [5, 5.41) is 1.79. The Morgan fingerprint density at radius 3 is 1.32 bits per heavy atom. The van der Waals surface area contributed by atoms with E-state index in [2.05, 4.69) is 69.6 Å². The first kappa shape index (κ1) is 20.1. The van der Waals surface area contributed by atoms with E-state index in [0.717, 1.165) is 0 Å². The van der Waals surface area contributed by atoms with E-state index in [4.69, 9.17) is 0 Å². The minimum Gasteiger partial charge on any atom is -0.0722 e. The lowest BCUT2D eigenvalue weighted by molar-refractivity contribution is 1.16. The number of hydrogen-bond donors (Lipinski definition) is 0. The maximum absolute atomic E-state index is 2.54. The molecule has 4 heteroatoms. The quantitative estimate of drug-likeness (QED) is 0.522. The van der Waals surface area contributed by atoms with Crippen LogP contribution in [0.5, 0.6) is 0 Å². The molecule has 0 amide bonds. The smallest absolute Gasteiger partial charge is 0.0722 e. The molecule has 1 aromatic carbocycles. The highest BCUT2D eigenvalue weighted by atomic mass is 28.3. The zero-order valence-electron chi connectivity index (χ0n) is 15.9. The highest BCUT2D eigenvalue weighted by Crippen LogP contribution is 2.29. The fraction of sp³-hybridized carbons (Fsp3) is 0.667. The summed E-state index contributed by atoms with van der Waals surface area (Å²) in [6.07, 6.45) is 0. The van der Waals surface area contributed by atoms with Crippen LogP contribution in [-0.4, -0.2) is 34.5 Å². The Bertz CT molecular complexity index is 370. The zero-order valence-corrected chi connectivity index (χ0v) is 20.3. The van der Waals surface area contributed by atoms with E-state index >= 15 is 0 Å². The van der Waals surface area contributed by atoms with Crippen LogP contribution in [0.1, 0.15) is 0 Å². The third kappa shape index (κ3) is 7.11. The van der Waals surface area contributed by atoms with Gasteiger partial charge in [0.1, 0.15) is 0 Å². The molecule has 0 N–H and O–H groups in total. The summed E-state index contributed by atoms with van der Waals surface area (Å²) in [7, 11) is -2.56. The number of rotatable bonds is 10. The third-order valence-corrected chi connectivity index (χ3v) is 16.3. The minimum atomic E-state index is -1.26. The molecule has 1 rings (SSSR count). The van der Waals surface area contributed by atoms with Gasteiger partial charge in [0.05, 0.1) is 8.07 Å². The Balaban J connectivity index is 3.03. The van der Waals surface area contributed by atoms with Crippen LogP contribution in [0.25, 0.3) is 0 Å². The highest BCUT2D eigenvalue weighted by molar-refractivity contribution is 6.93. The van der Waals surface area contributed by atoms with Gasteiger partial charge in [0.15, 0.2) is 0 Å². The maximum Gasteiger partial charge on any atom is 0.0858 e. The maximum atomic E-state index is 2.54. The molecule has 0 aromatic heterocycles. The fourth-order valence-electron chi connectivity index (χ4n) is 3.29. The van der Waals surface area contributed by atoms with Crippen LogP contribution in [0.2, 0.25) is 75.5 Å². The molecule has 0 fully saturated rings. The van der Waals surface area contributed by atoms with Gasteiger partial charge in [-0.1, -0.05) is 111 Å². The Morgan fingerprint density at radius 1 is 0.636 bits per heavy atom. The molecule has 1 aromatic rings. The minimum absolute atomic E-state index is 0.436. The normalized spacial score (nSPS) is 12.6. The second-order valence-corrected chi connectivity index (χ2v) is 23.2. The van der Waals surface area contributed by atoms with Gasteiger partial charge in [-0.15, -0.1) is 0 Å². The van der Waals surface area contributed by atoms with E-state index in [9.17, 15) is 0 Å². The second-order valence-electron chi connectivity index (χ2n) is 8.44. The van der Waals surface area contributed by atoms with E-state index in [1.54, 1.807) is 41.5 Å². The summed E-state index contributed by atoms with van der Waals surface area (Å²) < 4.78 is 0. The van der Waals surface area contributed by atoms with Gasteiger partial charge in [0.25, 0.3) is 0 Å². The van der Waals surface area contributed by atoms with Crippen LogP contribution in [0, 0.1) is 0 Å². The van der Waals surface area contributed by atoms with E-state index in [-0.39, 0.29) is 0 Å². The van der Waals surface area contributed by atoms with Crippen molar-refractivity contribution in [2.24, 2.45) is 0 Å². The van der Waals surface area contributed by atoms with Gasteiger partial charge in [0.2, 0.25) is 0 Å². The largest absolute Gasteiger partial charge is 0.0858 e. The molecule has 22 heavy (non-hydrogen) atoms. The van der Waals surface area contributed by atoms with Crippen molar-refractivity contribution in [3.8, 4) is 0 Å². The summed E-state index contributed by atoms with van der Waals surface area (Å²) in [6.45, 7) is 15.2. The van der Waals surface area contributed by atoms with Crippen LogP contribution in [-0.2, 0) is 0 Å². The van der Waals surface area contributed by atoms with E-state index in [1.165, 1.54) is 0 Å². The Morgan fingerprint density at radius 2 is 1.00 bits per heavy atom. The summed E-state index contributed by atoms with van der Waals surface area (Å²) in [4.78, 5) is 0. The lowest BCUT2D eigenvalue weighted by atomic mass is 10.4. The van der Waals surface area contributed by atoms with E-state index < -0.39 is 34.5 Å². The summed E-state index contributed by atoms with van der Waals surface area (Å²) in [5.74, 6) is 0. The molecule has 0 radical (unpaired) electrons. The lowest BCUT2D eigenvalue weighted by Crippen LogP contribution is -2.48. The van der Waals surface area contributed by atoms with Crippen molar-refractivity contribution in [2.45, 2.75) is 75.5 Å². The standard InChI is InChI=1S/C18H38Si4/c1-19(2)12-15-22(16-13-20(3)4,17-14-21(5)6)18-10-8-7-9-11-18/h7-11,19-21H,12-17H2,1-6H3. The summed E-state index contributed by atoms with van der Waals surface area (Å²) in [6, 6.07) is 21.2. The van der Waals surface area contributed by atoms with E-state index in [1.807, 2.05) is 0 Å². The predicted molar refractivity (Wildman–Crippen MR) is 117 cm³/mol. The van der Waals surface area contributed by atoms with Crippen molar-refractivity contribution in [1.82, 2.24) is 0 Å². The number of benzene rings is 1. The van der Waals surface area contributed by atoms with Crippen molar-refractivity contribution in [1.29, 1.82) is 0 Å². The zero-order chi connectivity index (χ0) is 16.6. The Labute approximate surface area is 145 Å². The van der Waals surface area contributed by atoms with E-state index in [0.29, 0.717) is 0 Å². The Kier molecular flexibility index (Phi) is 9.20. The van der Waals surface area contributed by atoms with Gasteiger partial charge in [0, 0.05) is 26.4 Å². The molecule has 126 valence electrons. The van der Waals surface area contributed by atoms with Crippen molar-refractivity contribution in [3.63, 3.8) is 0 Å². The van der Waals surface area contributed by atoms with Crippen LogP contribution in [0.15, 0.2) is 30.3 Å². The Hall–Kier alpha value is 0.0875. The van der Waals surface area contributed by atoms with Crippen LogP contribution in [0.4, 0.5) is 0 Å². The average Bonchev–Trinajstić information content (AvgIpc) is 2.47. The van der Waals surface area contributed by atoms with Gasteiger partial charge in [-0.25, -0.2) is 0 Å². The topological polar surface area (TPSA) is 0 Å². The molecular formula is C18H38Si4. The van der Waals surface area contributed by atoms with Crippen LogP contribution < -0.4 is 5.19 Å². The molecular weight excluding hydrogens is 329 g/mol. The molecule has 0 aliphatic carbocycles. The van der Waals surface area contributed by atoms with Crippen molar-refractivity contribution in [3.05, 3.63) is 30.3 Å². The SMILES string of the molecule is C[SiH](C)CC[Si](CC[SiH](C)C)(CC[SiH](C)C)c1ccccc1. The summed E-state index contributed by atoms with van der Waals surface area (Å²) in [5.41, 5.74) is 0. The molecule has 0 heterocycles. The molecule has 0 unspecified atom stereocenters. The van der Waals surface area contributed by atoms with Gasteiger partial charge in [-0.05, 0) is 0 Å². The lowest BCUT2D eigenvalue weighted by Gasteiger charge is -2.34. The monoisotopic (exact) mass is 366 g/mol. The summed E-state index contributed by atoms with van der Waals surface area (Å²) >= 11 is 0. The average molecular weight is 367 g/mol. The van der Waals surface area contributed by atoms with Crippen molar-refractivity contribution < 1.29 is 0 Å². The number of hydrogen-bond acceptors (Lipinski definition) is 0. The second kappa shape index (κ2) is 10.1. The van der Waals surface area contributed by atoms with Crippen LogP contribution >= 0.6 is 0 Å². The molecule has 0 spiro atoms. The molecule has 0 aliphatic rings. The molecule has 0 saturated carbocycles. The van der Waals surface area contributed by atoms with Gasteiger partial charge in [-0.3, -0.25) is 0 Å². The molecule has 0 nitrogen and oxygen atoms in total. The third-order valence-electron chi connectivity index (χ3n) is 4.99. The van der Waals surface area contributed by atoms with Crippen molar-refractivity contribution >= 4 is 39.7 Å². The van der Waals surface area contributed by atoms with Crippen molar-refractivity contribution in [2.75, 3.05) is 0 Å².